The molecule has 0 aliphatic rings. The Balaban J connectivity index is 2.09. The first-order valence-corrected chi connectivity index (χ1v) is 7.07. The molecule has 0 atom stereocenters. The number of benzene rings is 2. The Kier molecular flexibility index (Phi) is 4.09. The van der Waals surface area contributed by atoms with Crippen LogP contribution in [-0.2, 0) is 0 Å². The Bertz CT molecular complexity index is 812. The van der Waals surface area contributed by atoms with Gasteiger partial charge in [0.1, 0.15) is 6.33 Å². The van der Waals surface area contributed by atoms with Crippen molar-refractivity contribution < 1.29 is 0 Å². The van der Waals surface area contributed by atoms with Crippen molar-refractivity contribution in [3.8, 4) is 12.1 Å². The lowest BCUT2D eigenvalue weighted by Crippen LogP contribution is -2.04. The minimum atomic E-state index is -0.0447. The lowest BCUT2D eigenvalue weighted by molar-refractivity contribution is 0.940. The van der Waals surface area contributed by atoms with Crippen molar-refractivity contribution in [1.82, 2.24) is 9.97 Å². The van der Waals surface area contributed by atoms with Gasteiger partial charge in [-0.25, -0.2) is 9.97 Å². The Hall–Kier alpha value is -3.50. The summed E-state index contributed by atoms with van der Waals surface area (Å²) in [6.45, 7) is 0. The fourth-order valence-electron chi connectivity index (χ4n) is 2.54. The molecule has 0 spiro atoms. The molecule has 0 aliphatic carbocycles. The Morgan fingerprint density at radius 3 is 1.48 bits per heavy atom. The van der Waals surface area contributed by atoms with E-state index in [-0.39, 0.29) is 5.92 Å². The molecule has 4 heteroatoms. The molecule has 108 valence electrons. The quantitative estimate of drug-likeness (QED) is 0.742. The van der Waals surface area contributed by atoms with E-state index in [9.17, 15) is 0 Å². The maximum Gasteiger partial charge on any atom is 0.115 e. The van der Waals surface area contributed by atoms with Crippen LogP contribution in [0.4, 0.5) is 0 Å². The monoisotopic (exact) mass is 296 g/mol. The molecule has 0 bridgehead atoms. The van der Waals surface area contributed by atoms with Gasteiger partial charge in [-0.1, -0.05) is 24.3 Å². The Morgan fingerprint density at radius 1 is 0.652 bits per heavy atom. The van der Waals surface area contributed by atoms with E-state index >= 15 is 0 Å². The second-order valence-electron chi connectivity index (χ2n) is 5.07. The van der Waals surface area contributed by atoms with Crippen LogP contribution in [0.25, 0.3) is 0 Å². The molecule has 0 unspecified atom stereocenters. The fourth-order valence-corrected chi connectivity index (χ4v) is 2.54. The standard InChI is InChI=1S/C19H12N4/c20-9-14-1-5-16(6-2-14)19(18-11-22-13-23-12-18)17-7-3-15(10-21)4-8-17/h1-8,11-13,19H. The fraction of sp³-hybridized carbons (Fsp3) is 0.0526. The van der Waals surface area contributed by atoms with Gasteiger partial charge in [0.15, 0.2) is 0 Å². The van der Waals surface area contributed by atoms with Gasteiger partial charge in [0.25, 0.3) is 0 Å². The molecule has 1 aromatic heterocycles. The average molecular weight is 296 g/mol. The molecule has 0 radical (unpaired) electrons. The molecule has 1 heterocycles. The summed E-state index contributed by atoms with van der Waals surface area (Å²) in [5.74, 6) is -0.0447. The summed E-state index contributed by atoms with van der Waals surface area (Å²) in [6.07, 6.45) is 5.07. The number of nitrogens with zero attached hydrogens (tertiary/aromatic N) is 4. The third kappa shape index (κ3) is 3.07. The molecule has 3 rings (SSSR count). The second-order valence-corrected chi connectivity index (χ2v) is 5.07. The zero-order chi connectivity index (χ0) is 16.1. The third-order valence-corrected chi connectivity index (χ3v) is 3.66. The largest absolute Gasteiger partial charge is 0.245 e. The molecule has 0 saturated heterocycles. The number of nitriles is 2. The molecule has 0 saturated carbocycles. The van der Waals surface area contributed by atoms with Gasteiger partial charge >= 0.3 is 0 Å². The number of hydrogen-bond acceptors (Lipinski definition) is 4. The average Bonchev–Trinajstić information content (AvgIpc) is 2.64. The van der Waals surface area contributed by atoms with E-state index in [4.69, 9.17) is 10.5 Å². The molecule has 0 fully saturated rings. The molecule has 0 N–H and O–H groups in total. The van der Waals surface area contributed by atoms with Crippen molar-refractivity contribution in [3.63, 3.8) is 0 Å². The smallest absolute Gasteiger partial charge is 0.115 e. The zero-order valence-corrected chi connectivity index (χ0v) is 12.2. The van der Waals surface area contributed by atoms with Crippen LogP contribution < -0.4 is 0 Å². The summed E-state index contributed by atoms with van der Waals surface area (Å²) < 4.78 is 0. The first-order chi connectivity index (χ1) is 11.3. The Labute approximate surface area is 134 Å². The summed E-state index contributed by atoms with van der Waals surface area (Å²) in [5, 5.41) is 17.9. The van der Waals surface area contributed by atoms with Gasteiger partial charge in [-0.15, -0.1) is 0 Å². The van der Waals surface area contributed by atoms with E-state index in [0.29, 0.717) is 11.1 Å². The van der Waals surface area contributed by atoms with Gasteiger partial charge in [0, 0.05) is 23.9 Å². The maximum atomic E-state index is 8.96. The highest BCUT2D eigenvalue weighted by molar-refractivity contribution is 5.45. The van der Waals surface area contributed by atoms with E-state index in [2.05, 4.69) is 22.1 Å². The highest BCUT2D eigenvalue weighted by Crippen LogP contribution is 2.31. The van der Waals surface area contributed by atoms with Crippen molar-refractivity contribution >= 4 is 0 Å². The normalized spacial score (nSPS) is 10.0. The van der Waals surface area contributed by atoms with Crippen molar-refractivity contribution in [1.29, 1.82) is 10.5 Å². The van der Waals surface area contributed by atoms with Crippen LogP contribution in [0.3, 0.4) is 0 Å². The summed E-state index contributed by atoms with van der Waals surface area (Å²) in [5.41, 5.74) is 4.29. The first-order valence-electron chi connectivity index (χ1n) is 7.07. The summed E-state index contributed by atoms with van der Waals surface area (Å²) >= 11 is 0. The minimum absolute atomic E-state index is 0.0447. The van der Waals surface area contributed by atoms with E-state index in [1.54, 1.807) is 36.7 Å². The SMILES string of the molecule is N#Cc1ccc(C(c2ccc(C#N)cc2)c2cncnc2)cc1. The lowest BCUT2D eigenvalue weighted by atomic mass is 9.86. The van der Waals surface area contributed by atoms with Crippen molar-refractivity contribution in [2.45, 2.75) is 5.92 Å². The van der Waals surface area contributed by atoms with Crippen LogP contribution in [0.5, 0.6) is 0 Å². The molecule has 3 aromatic rings. The highest BCUT2D eigenvalue weighted by Gasteiger charge is 2.17. The molecule has 2 aromatic carbocycles. The number of hydrogen-bond donors (Lipinski definition) is 0. The van der Waals surface area contributed by atoms with Crippen molar-refractivity contribution in [2.75, 3.05) is 0 Å². The summed E-state index contributed by atoms with van der Waals surface area (Å²) in [6, 6.07) is 19.2. The first kappa shape index (κ1) is 14.4. The summed E-state index contributed by atoms with van der Waals surface area (Å²) in [4.78, 5) is 8.22. The molecule has 0 amide bonds. The third-order valence-electron chi connectivity index (χ3n) is 3.66. The molecule has 4 nitrogen and oxygen atoms in total. The van der Waals surface area contributed by atoms with Gasteiger partial charge in [-0.3, -0.25) is 0 Å². The minimum Gasteiger partial charge on any atom is -0.245 e. The highest BCUT2D eigenvalue weighted by atomic mass is 14.8. The molecule has 0 aliphatic heterocycles. The van der Waals surface area contributed by atoms with E-state index in [1.807, 2.05) is 24.3 Å². The number of rotatable bonds is 3. The van der Waals surface area contributed by atoms with Gasteiger partial charge in [-0.2, -0.15) is 10.5 Å². The van der Waals surface area contributed by atoms with Gasteiger partial charge in [0.2, 0.25) is 0 Å². The van der Waals surface area contributed by atoms with Crippen LogP contribution >= 0.6 is 0 Å². The number of aromatic nitrogens is 2. The van der Waals surface area contributed by atoms with Gasteiger partial charge in [0.05, 0.1) is 23.3 Å². The topological polar surface area (TPSA) is 73.4 Å². The van der Waals surface area contributed by atoms with Crippen molar-refractivity contribution in [2.24, 2.45) is 0 Å². The van der Waals surface area contributed by atoms with Crippen molar-refractivity contribution in [3.05, 3.63) is 95.1 Å². The van der Waals surface area contributed by atoms with E-state index in [1.165, 1.54) is 6.33 Å². The zero-order valence-electron chi connectivity index (χ0n) is 12.2. The molecule has 23 heavy (non-hydrogen) atoms. The summed E-state index contributed by atoms with van der Waals surface area (Å²) in [7, 11) is 0. The molecular formula is C19H12N4. The van der Waals surface area contributed by atoms with Crippen LogP contribution in [0.1, 0.15) is 33.7 Å². The van der Waals surface area contributed by atoms with Gasteiger partial charge < -0.3 is 0 Å². The van der Waals surface area contributed by atoms with Crippen LogP contribution in [0.2, 0.25) is 0 Å². The van der Waals surface area contributed by atoms with E-state index < -0.39 is 0 Å². The Morgan fingerprint density at radius 2 is 1.09 bits per heavy atom. The van der Waals surface area contributed by atoms with Crippen LogP contribution in [0.15, 0.2) is 67.3 Å². The predicted molar refractivity (Wildman–Crippen MR) is 85.3 cm³/mol. The predicted octanol–water partition coefficient (Wildman–Crippen LogP) is 3.40. The lowest BCUT2D eigenvalue weighted by Gasteiger charge is -2.18. The second kappa shape index (κ2) is 6.51. The molecular weight excluding hydrogens is 284 g/mol. The van der Waals surface area contributed by atoms with Gasteiger partial charge in [-0.05, 0) is 35.4 Å². The van der Waals surface area contributed by atoms with E-state index in [0.717, 1.165) is 16.7 Å². The van der Waals surface area contributed by atoms with Crippen LogP contribution in [0, 0.1) is 22.7 Å². The van der Waals surface area contributed by atoms with Crippen LogP contribution in [-0.4, -0.2) is 9.97 Å². The maximum absolute atomic E-state index is 8.96.